The third-order valence-electron chi connectivity index (χ3n) is 6.61. The number of aromatic nitrogens is 3. The minimum absolute atomic E-state index is 0.0135. The van der Waals surface area contributed by atoms with E-state index in [0.29, 0.717) is 31.2 Å². The van der Waals surface area contributed by atoms with Crippen LogP contribution in [0.1, 0.15) is 65.6 Å². The molecular formula is C30H42N6O3. The lowest BCUT2D eigenvalue weighted by Crippen LogP contribution is -2.49. The van der Waals surface area contributed by atoms with Crippen molar-refractivity contribution in [3.05, 3.63) is 64.1 Å². The van der Waals surface area contributed by atoms with E-state index in [-0.39, 0.29) is 23.1 Å². The van der Waals surface area contributed by atoms with Gasteiger partial charge in [0, 0.05) is 56.9 Å². The van der Waals surface area contributed by atoms with Crippen LogP contribution < -0.4 is 10.9 Å². The lowest BCUT2D eigenvalue weighted by Gasteiger charge is -2.35. The molecule has 9 nitrogen and oxygen atoms in total. The van der Waals surface area contributed by atoms with Crippen molar-refractivity contribution in [1.29, 1.82) is 0 Å². The SMILES string of the molecule is CC(Nc1ncc2ccc(=O)n(CC(C)(C)C)c2n1)c1ccc(CN2CCN(C(=O)OC(C)(C)C)CC2)cc1. The third-order valence-corrected chi connectivity index (χ3v) is 6.61. The van der Waals surface area contributed by atoms with Gasteiger partial charge in [-0.05, 0) is 50.3 Å². The quantitative estimate of drug-likeness (QED) is 0.472. The Labute approximate surface area is 231 Å². The van der Waals surface area contributed by atoms with Crippen molar-refractivity contribution in [2.75, 3.05) is 31.5 Å². The van der Waals surface area contributed by atoms with E-state index in [4.69, 9.17) is 9.72 Å². The second-order valence-electron chi connectivity index (χ2n) is 12.6. The number of ether oxygens (including phenoxy) is 1. The van der Waals surface area contributed by atoms with Crippen LogP contribution in [0.25, 0.3) is 11.0 Å². The van der Waals surface area contributed by atoms with Crippen LogP contribution in [0.2, 0.25) is 0 Å². The van der Waals surface area contributed by atoms with Crippen LogP contribution in [0.15, 0.2) is 47.4 Å². The fraction of sp³-hybridized carbons (Fsp3) is 0.533. The maximum absolute atomic E-state index is 12.6. The van der Waals surface area contributed by atoms with Gasteiger partial charge in [-0.1, -0.05) is 45.0 Å². The Morgan fingerprint density at radius 2 is 1.67 bits per heavy atom. The van der Waals surface area contributed by atoms with E-state index in [1.807, 2.05) is 20.8 Å². The van der Waals surface area contributed by atoms with E-state index in [0.717, 1.165) is 30.6 Å². The summed E-state index contributed by atoms with van der Waals surface area (Å²) in [6.07, 6.45) is 1.53. The number of hydrogen-bond acceptors (Lipinski definition) is 7. The van der Waals surface area contributed by atoms with E-state index in [1.165, 1.54) is 5.56 Å². The molecule has 3 aromatic rings. The first-order valence-electron chi connectivity index (χ1n) is 13.7. The van der Waals surface area contributed by atoms with Crippen LogP contribution in [0.4, 0.5) is 10.7 Å². The molecule has 1 saturated heterocycles. The second-order valence-corrected chi connectivity index (χ2v) is 12.6. The summed E-state index contributed by atoms with van der Waals surface area (Å²) in [6.45, 7) is 18.5. The molecule has 1 aliphatic rings. The van der Waals surface area contributed by atoms with E-state index < -0.39 is 5.60 Å². The molecule has 210 valence electrons. The molecule has 9 heteroatoms. The Hall–Kier alpha value is -3.46. The van der Waals surface area contributed by atoms with Crippen LogP contribution in [0.3, 0.4) is 0 Å². The summed E-state index contributed by atoms with van der Waals surface area (Å²) in [5.41, 5.74) is 2.40. The van der Waals surface area contributed by atoms with Gasteiger partial charge in [-0.2, -0.15) is 4.98 Å². The third kappa shape index (κ3) is 7.79. The maximum atomic E-state index is 12.6. The first-order valence-corrected chi connectivity index (χ1v) is 13.7. The molecular weight excluding hydrogens is 492 g/mol. The number of piperazine rings is 1. The lowest BCUT2D eigenvalue weighted by atomic mass is 9.97. The summed E-state index contributed by atoms with van der Waals surface area (Å²) in [5.74, 6) is 0.496. The molecule has 0 saturated carbocycles. The van der Waals surface area contributed by atoms with Crippen LogP contribution in [0.5, 0.6) is 0 Å². The Morgan fingerprint density at radius 3 is 2.28 bits per heavy atom. The fourth-order valence-electron chi connectivity index (χ4n) is 4.63. The molecule has 0 bridgehead atoms. The van der Waals surface area contributed by atoms with Crippen molar-refractivity contribution in [3.8, 4) is 0 Å². The highest BCUT2D eigenvalue weighted by Gasteiger charge is 2.26. The molecule has 3 heterocycles. The highest BCUT2D eigenvalue weighted by molar-refractivity contribution is 5.75. The number of fused-ring (bicyclic) bond motifs is 1. The summed E-state index contributed by atoms with van der Waals surface area (Å²) < 4.78 is 7.23. The van der Waals surface area contributed by atoms with Crippen molar-refractivity contribution < 1.29 is 9.53 Å². The van der Waals surface area contributed by atoms with Gasteiger partial charge in [0.25, 0.3) is 5.56 Å². The van der Waals surface area contributed by atoms with Gasteiger partial charge in [0.2, 0.25) is 5.95 Å². The molecule has 0 spiro atoms. The fourth-order valence-corrected chi connectivity index (χ4v) is 4.63. The molecule has 0 radical (unpaired) electrons. The Kier molecular flexibility index (Phi) is 8.30. The summed E-state index contributed by atoms with van der Waals surface area (Å²) in [7, 11) is 0. The number of carbonyl (C=O) groups excluding carboxylic acids is 1. The highest BCUT2D eigenvalue weighted by Crippen LogP contribution is 2.22. The van der Waals surface area contributed by atoms with Gasteiger partial charge in [-0.15, -0.1) is 0 Å². The number of rotatable bonds is 6. The van der Waals surface area contributed by atoms with Crippen LogP contribution in [-0.4, -0.2) is 62.2 Å². The number of pyridine rings is 1. The van der Waals surface area contributed by atoms with Crippen molar-refractivity contribution in [2.24, 2.45) is 5.41 Å². The van der Waals surface area contributed by atoms with Crippen molar-refractivity contribution in [2.45, 2.75) is 73.2 Å². The first kappa shape index (κ1) is 28.5. The molecule has 2 aromatic heterocycles. The van der Waals surface area contributed by atoms with Gasteiger partial charge in [0.15, 0.2) is 0 Å². The zero-order valence-electron chi connectivity index (χ0n) is 24.3. The molecule has 1 aliphatic heterocycles. The van der Waals surface area contributed by atoms with E-state index in [2.05, 4.69) is 67.2 Å². The molecule has 4 rings (SSSR count). The molecule has 1 fully saturated rings. The van der Waals surface area contributed by atoms with Gasteiger partial charge >= 0.3 is 6.09 Å². The summed E-state index contributed by atoms with van der Waals surface area (Å²) >= 11 is 0. The monoisotopic (exact) mass is 534 g/mol. The standard InChI is InChI=1S/C30H42N6O3/c1-21(32-27-31-18-24-12-13-25(37)36(26(24)33-27)20-29(2,3)4)23-10-8-22(9-11-23)19-34-14-16-35(17-15-34)28(38)39-30(5,6)7/h8-13,18,21H,14-17,19-20H2,1-7H3,(H,31,32,33). The normalized spacial score (nSPS) is 15.8. The predicted octanol–water partition coefficient (Wildman–Crippen LogP) is 5.06. The van der Waals surface area contributed by atoms with Crippen LogP contribution in [0, 0.1) is 5.41 Å². The smallest absolute Gasteiger partial charge is 0.410 e. The summed E-state index contributed by atoms with van der Waals surface area (Å²) in [6, 6.07) is 11.9. The maximum Gasteiger partial charge on any atom is 0.410 e. The highest BCUT2D eigenvalue weighted by atomic mass is 16.6. The number of hydrogen-bond donors (Lipinski definition) is 1. The van der Waals surface area contributed by atoms with E-state index in [9.17, 15) is 9.59 Å². The van der Waals surface area contributed by atoms with Crippen LogP contribution >= 0.6 is 0 Å². The van der Waals surface area contributed by atoms with Crippen molar-refractivity contribution >= 4 is 23.1 Å². The Balaban J connectivity index is 1.36. The summed E-state index contributed by atoms with van der Waals surface area (Å²) in [5, 5.41) is 4.24. The van der Waals surface area contributed by atoms with Gasteiger partial charge in [0.1, 0.15) is 11.2 Å². The molecule has 1 N–H and O–H groups in total. The average Bonchev–Trinajstić information content (AvgIpc) is 2.85. The van der Waals surface area contributed by atoms with Gasteiger partial charge < -0.3 is 15.0 Å². The minimum atomic E-state index is -0.475. The molecule has 1 aromatic carbocycles. The van der Waals surface area contributed by atoms with Crippen molar-refractivity contribution in [1.82, 2.24) is 24.3 Å². The molecule has 1 atom stereocenters. The molecule has 0 aliphatic carbocycles. The predicted molar refractivity (Wildman–Crippen MR) is 155 cm³/mol. The zero-order chi connectivity index (χ0) is 28.4. The van der Waals surface area contributed by atoms with E-state index in [1.54, 1.807) is 27.8 Å². The number of anilines is 1. The lowest BCUT2D eigenvalue weighted by molar-refractivity contribution is 0.0139. The molecule has 1 amide bonds. The van der Waals surface area contributed by atoms with Gasteiger partial charge in [-0.3, -0.25) is 14.3 Å². The first-order chi connectivity index (χ1) is 18.3. The topological polar surface area (TPSA) is 92.6 Å². The average molecular weight is 535 g/mol. The van der Waals surface area contributed by atoms with Crippen LogP contribution in [-0.2, 0) is 17.8 Å². The van der Waals surface area contributed by atoms with E-state index >= 15 is 0 Å². The Morgan fingerprint density at radius 1 is 1.00 bits per heavy atom. The second kappa shape index (κ2) is 11.3. The molecule has 39 heavy (non-hydrogen) atoms. The number of benzene rings is 1. The minimum Gasteiger partial charge on any atom is -0.444 e. The molecule has 1 unspecified atom stereocenters. The number of carbonyl (C=O) groups is 1. The van der Waals surface area contributed by atoms with Crippen molar-refractivity contribution in [3.63, 3.8) is 0 Å². The van der Waals surface area contributed by atoms with Gasteiger partial charge in [-0.25, -0.2) is 9.78 Å². The zero-order valence-corrected chi connectivity index (χ0v) is 24.3. The Bertz CT molecular complexity index is 1350. The largest absolute Gasteiger partial charge is 0.444 e. The number of nitrogens with one attached hydrogen (secondary N) is 1. The number of nitrogens with zero attached hydrogens (tertiary/aromatic N) is 5. The van der Waals surface area contributed by atoms with Gasteiger partial charge in [0.05, 0.1) is 6.04 Å². The summed E-state index contributed by atoms with van der Waals surface area (Å²) in [4.78, 5) is 38.3. The number of amides is 1.